The summed E-state index contributed by atoms with van der Waals surface area (Å²) in [6, 6.07) is 7.18. The predicted molar refractivity (Wildman–Crippen MR) is 99.8 cm³/mol. The molecule has 0 unspecified atom stereocenters. The van der Waals surface area contributed by atoms with Gasteiger partial charge in [-0.3, -0.25) is 4.79 Å². The highest BCUT2D eigenvalue weighted by molar-refractivity contribution is 6.30. The molecule has 1 aromatic heterocycles. The van der Waals surface area contributed by atoms with Crippen molar-refractivity contribution < 1.29 is 4.79 Å². The van der Waals surface area contributed by atoms with Gasteiger partial charge in [0.25, 0.3) is 0 Å². The summed E-state index contributed by atoms with van der Waals surface area (Å²) in [5.41, 5.74) is 0.813. The first-order valence-electron chi connectivity index (χ1n) is 8.81. The number of hydrogen-bond donors (Lipinski definition) is 1. The maximum Gasteiger partial charge on any atom is 0.243 e. The van der Waals surface area contributed by atoms with E-state index in [9.17, 15) is 4.79 Å². The Labute approximate surface area is 158 Å². The largest absolute Gasteiger partial charge is 0.354 e. The Hall–Kier alpha value is -2.03. The molecule has 1 amide bonds. The molecule has 3 rings (SSSR count). The number of rotatable bonds is 7. The Morgan fingerprint density at radius 2 is 1.92 bits per heavy atom. The topological polar surface area (TPSA) is 79.2 Å². The van der Waals surface area contributed by atoms with Crippen LogP contribution in [0.2, 0.25) is 5.02 Å². The molecular formula is C17H24ClN7O. The average molecular weight is 378 g/mol. The first kappa shape index (κ1) is 18.8. The van der Waals surface area contributed by atoms with E-state index in [2.05, 4.69) is 37.6 Å². The fourth-order valence-electron chi connectivity index (χ4n) is 2.81. The Balaban J connectivity index is 1.38. The number of carbonyl (C=O) groups excluding carboxylic acids is 1. The minimum absolute atomic E-state index is 0.0646. The van der Waals surface area contributed by atoms with Gasteiger partial charge in [0, 0.05) is 43.3 Å². The quantitative estimate of drug-likeness (QED) is 0.717. The second-order valence-corrected chi connectivity index (χ2v) is 6.94. The van der Waals surface area contributed by atoms with Crippen LogP contribution in [0.3, 0.4) is 0 Å². The summed E-state index contributed by atoms with van der Waals surface area (Å²) in [6.45, 7) is 6.15. The zero-order valence-electron chi connectivity index (χ0n) is 14.9. The molecule has 26 heavy (non-hydrogen) atoms. The minimum atomic E-state index is -0.108. The van der Waals surface area contributed by atoms with Crippen LogP contribution in [0.15, 0.2) is 24.3 Å². The van der Waals surface area contributed by atoms with Crippen LogP contribution in [0, 0.1) is 0 Å². The Morgan fingerprint density at radius 3 is 2.65 bits per heavy atom. The van der Waals surface area contributed by atoms with E-state index < -0.39 is 0 Å². The van der Waals surface area contributed by atoms with Gasteiger partial charge in [0.05, 0.1) is 0 Å². The van der Waals surface area contributed by atoms with Gasteiger partial charge in [-0.1, -0.05) is 11.6 Å². The van der Waals surface area contributed by atoms with E-state index >= 15 is 0 Å². The van der Waals surface area contributed by atoms with E-state index in [4.69, 9.17) is 11.6 Å². The number of likely N-dealkylation sites (N-methyl/N-ethyl adjacent to an activating group) is 1. The Kier molecular flexibility index (Phi) is 6.54. The van der Waals surface area contributed by atoms with Crippen molar-refractivity contribution in [3.8, 4) is 11.4 Å². The van der Waals surface area contributed by atoms with Crippen LogP contribution >= 0.6 is 11.6 Å². The van der Waals surface area contributed by atoms with E-state index in [-0.39, 0.29) is 12.5 Å². The molecule has 1 aliphatic heterocycles. The number of amides is 1. The SMILES string of the molecule is CN1CCN(CCCNC(=O)Cn2nnc(-c3ccc(Cl)cc3)n2)CC1. The van der Waals surface area contributed by atoms with Gasteiger partial charge in [-0.05, 0) is 49.5 Å². The molecule has 9 heteroatoms. The van der Waals surface area contributed by atoms with Gasteiger partial charge in [0.2, 0.25) is 11.7 Å². The average Bonchev–Trinajstić information content (AvgIpc) is 3.09. The molecule has 0 radical (unpaired) electrons. The molecule has 0 atom stereocenters. The number of piperazine rings is 1. The van der Waals surface area contributed by atoms with E-state index in [1.807, 2.05) is 12.1 Å². The summed E-state index contributed by atoms with van der Waals surface area (Å²) < 4.78 is 0. The maximum atomic E-state index is 12.0. The number of nitrogens with one attached hydrogen (secondary N) is 1. The van der Waals surface area contributed by atoms with E-state index in [0.717, 1.165) is 44.7 Å². The predicted octanol–water partition coefficient (Wildman–Crippen LogP) is 0.747. The molecule has 1 N–H and O–H groups in total. The van der Waals surface area contributed by atoms with Gasteiger partial charge >= 0.3 is 0 Å². The lowest BCUT2D eigenvalue weighted by molar-refractivity contribution is -0.122. The van der Waals surface area contributed by atoms with Gasteiger partial charge < -0.3 is 15.1 Å². The van der Waals surface area contributed by atoms with Gasteiger partial charge in [-0.2, -0.15) is 4.80 Å². The fraction of sp³-hybridized carbons (Fsp3) is 0.529. The molecule has 0 aliphatic carbocycles. The third kappa shape index (κ3) is 5.48. The molecule has 1 fully saturated rings. The number of nitrogens with zero attached hydrogens (tertiary/aromatic N) is 6. The van der Waals surface area contributed by atoms with Crippen LogP contribution in [-0.2, 0) is 11.3 Å². The number of aromatic nitrogens is 4. The van der Waals surface area contributed by atoms with E-state index in [1.165, 1.54) is 4.80 Å². The molecule has 1 saturated heterocycles. The second-order valence-electron chi connectivity index (χ2n) is 6.50. The summed E-state index contributed by atoms with van der Waals surface area (Å²) in [5.74, 6) is 0.368. The van der Waals surface area contributed by atoms with Crippen LogP contribution in [-0.4, -0.2) is 82.2 Å². The fourth-order valence-corrected chi connectivity index (χ4v) is 2.94. The Morgan fingerprint density at radius 1 is 1.19 bits per heavy atom. The lowest BCUT2D eigenvalue weighted by Crippen LogP contribution is -2.45. The van der Waals surface area contributed by atoms with Gasteiger partial charge in [0.15, 0.2) is 0 Å². The molecule has 1 aromatic carbocycles. The van der Waals surface area contributed by atoms with Crippen molar-refractivity contribution in [2.24, 2.45) is 0 Å². The molecule has 0 bridgehead atoms. The summed E-state index contributed by atoms with van der Waals surface area (Å²) >= 11 is 5.87. The number of tetrazole rings is 1. The van der Waals surface area contributed by atoms with Gasteiger partial charge in [0.1, 0.15) is 6.54 Å². The molecule has 1 aliphatic rings. The zero-order valence-corrected chi connectivity index (χ0v) is 15.7. The van der Waals surface area contributed by atoms with Gasteiger partial charge in [-0.15, -0.1) is 10.2 Å². The summed E-state index contributed by atoms with van der Waals surface area (Å²) in [5, 5.41) is 15.7. The molecule has 0 saturated carbocycles. The number of benzene rings is 1. The van der Waals surface area contributed by atoms with Crippen molar-refractivity contribution in [2.75, 3.05) is 46.3 Å². The first-order chi connectivity index (χ1) is 12.6. The standard InChI is InChI=1S/C17H24ClN7O/c1-23-9-11-24(12-10-23)8-2-7-19-16(26)13-25-21-17(20-22-25)14-3-5-15(18)6-4-14/h3-6H,2,7-13H2,1H3,(H,19,26). The molecule has 140 valence electrons. The smallest absolute Gasteiger partial charge is 0.243 e. The number of hydrogen-bond acceptors (Lipinski definition) is 6. The van der Waals surface area contributed by atoms with E-state index in [0.29, 0.717) is 17.4 Å². The first-order valence-corrected chi connectivity index (χ1v) is 9.19. The van der Waals surface area contributed by atoms with Crippen LogP contribution < -0.4 is 5.32 Å². The lowest BCUT2D eigenvalue weighted by Gasteiger charge is -2.32. The van der Waals surface area contributed by atoms with Crippen LogP contribution in [0.4, 0.5) is 0 Å². The number of carbonyl (C=O) groups is 1. The van der Waals surface area contributed by atoms with Gasteiger partial charge in [-0.25, -0.2) is 0 Å². The highest BCUT2D eigenvalue weighted by atomic mass is 35.5. The highest BCUT2D eigenvalue weighted by Crippen LogP contribution is 2.16. The normalized spacial score (nSPS) is 15.9. The monoisotopic (exact) mass is 377 g/mol. The molecular weight excluding hydrogens is 354 g/mol. The van der Waals surface area contributed by atoms with Crippen molar-refractivity contribution in [2.45, 2.75) is 13.0 Å². The zero-order chi connectivity index (χ0) is 18.4. The lowest BCUT2D eigenvalue weighted by atomic mass is 10.2. The van der Waals surface area contributed by atoms with E-state index in [1.54, 1.807) is 12.1 Å². The van der Waals surface area contributed by atoms with Crippen LogP contribution in [0.5, 0.6) is 0 Å². The van der Waals surface area contributed by atoms with Crippen molar-refractivity contribution in [3.05, 3.63) is 29.3 Å². The van der Waals surface area contributed by atoms with Crippen LogP contribution in [0.1, 0.15) is 6.42 Å². The molecule has 8 nitrogen and oxygen atoms in total. The van der Waals surface area contributed by atoms with Crippen LogP contribution in [0.25, 0.3) is 11.4 Å². The van der Waals surface area contributed by atoms with Crippen molar-refractivity contribution >= 4 is 17.5 Å². The molecule has 2 aromatic rings. The highest BCUT2D eigenvalue weighted by Gasteiger charge is 2.13. The third-order valence-electron chi connectivity index (χ3n) is 4.41. The summed E-state index contributed by atoms with van der Waals surface area (Å²) in [7, 11) is 2.15. The summed E-state index contributed by atoms with van der Waals surface area (Å²) in [4.78, 5) is 18.1. The van der Waals surface area contributed by atoms with Crippen molar-refractivity contribution in [1.82, 2.24) is 35.3 Å². The Bertz CT molecular complexity index is 710. The molecule has 0 spiro atoms. The van der Waals surface area contributed by atoms with Crippen molar-refractivity contribution in [3.63, 3.8) is 0 Å². The third-order valence-corrected chi connectivity index (χ3v) is 4.66. The van der Waals surface area contributed by atoms with Crippen molar-refractivity contribution in [1.29, 1.82) is 0 Å². The molecule has 2 heterocycles. The maximum absolute atomic E-state index is 12.0. The number of halogens is 1. The second kappa shape index (κ2) is 9.07. The minimum Gasteiger partial charge on any atom is -0.354 e. The summed E-state index contributed by atoms with van der Waals surface area (Å²) in [6.07, 6.45) is 0.941.